The van der Waals surface area contributed by atoms with Crippen molar-refractivity contribution in [2.24, 2.45) is 11.7 Å². The average Bonchev–Trinajstić information content (AvgIpc) is 2.54. The number of benzene rings is 2. The van der Waals surface area contributed by atoms with Crippen molar-refractivity contribution in [2.45, 2.75) is 16.7 Å². The maximum absolute atomic E-state index is 5.83. The Morgan fingerprint density at radius 3 is 2.67 bits per heavy atom. The van der Waals surface area contributed by atoms with Crippen molar-refractivity contribution in [3.63, 3.8) is 0 Å². The van der Waals surface area contributed by atoms with E-state index < -0.39 is 0 Å². The molecule has 0 bridgehead atoms. The highest BCUT2D eigenvalue weighted by molar-refractivity contribution is 7.99. The normalized spacial score (nSPS) is 14.3. The third-order valence-electron chi connectivity index (χ3n) is 3.73. The van der Waals surface area contributed by atoms with Crippen molar-refractivity contribution in [1.29, 1.82) is 0 Å². The molecule has 0 unspecified atom stereocenters. The SMILES string of the molecule is COc1ccc2c(c1)N(C[C@H](C)CN)c1ccccc1S2. The number of anilines is 2. The van der Waals surface area contributed by atoms with Crippen LogP contribution in [0.4, 0.5) is 11.4 Å². The monoisotopic (exact) mass is 300 g/mol. The summed E-state index contributed by atoms with van der Waals surface area (Å²) < 4.78 is 5.39. The molecule has 2 N–H and O–H groups in total. The summed E-state index contributed by atoms with van der Waals surface area (Å²) >= 11 is 1.81. The number of nitrogens with zero attached hydrogens (tertiary/aromatic N) is 1. The lowest BCUT2D eigenvalue weighted by atomic mass is 10.1. The first kappa shape index (κ1) is 14.3. The van der Waals surface area contributed by atoms with Crippen LogP contribution >= 0.6 is 11.8 Å². The molecule has 0 saturated carbocycles. The lowest BCUT2D eigenvalue weighted by Gasteiger charge is -2.34. The average molecular weight is 300 g/mol. The quantitative estimate of drug-likeness (QED) is 0.929. The minimum Gasteiger partial charge on any atom is -0.497 e. The number of nitrogens with two attached hydrogens (primary N) is 1. The first-order chi connectivity index (χ1) is 10.2. The van der Waals surface area contributed by atoms with Crippen molar-refractivity contribution >= 4 is 23.1 Å². The summed E-state index contributed by atoms with van der Waals surface area (Å²) in [6, 6.07) is 14.8. The molecule has 1 aliphatic heterocycles. The standard InChI is InChI=1S/C17H20N2OS/c1-12(10-18)11-19-14-5-3-4-6-16(14)21-17-8-7-13(20-2)9-15(17)19/h3-9,12H,10-11,18H2,1-2H3/t12-/m1/s1. The van der Waals surface area contributed by atoms with Gasteiger partial charge in [-0.3, -0.25) is 0 Å². The zero-order chi connectivity index (χ0) is 14.8. The maximum atomic E-state index is 5.83. The van der Waals surface area contributed by atoms with E-state index in [4.69, 9.17) is 10.5 Å². The van der Waals surface area contributed by atoms with Gasteiger partial charge in [-0.05, 0) is 36.7 Å². The van der Waals surface area contributed by atoms with Crippen LogP contribution in [0, 0.1) is 5.92 Å². The number of para-hydroxylation sites is 1. The Bertz CT molecular complexity index is 644. The van der Waals surface area contributed by atoms with Crippen molar-refractivity contribution in [3.05, 3.63) is 42.5 Å². The van der Waals surface area contributed by atoms with Gasteiger partial charge in [-0.2, -0.15) is 0 Å². The summed E-state index contributed by atoms with van der Waals surface area (Å²) in [5, 5.41) is 0. The zero-order valence-electron chi connectivity index (χ0n) is 12.4. The van der Waals surface area contributed by atoms with Gasteiger partial charge in [0.15, 0.2) is 0 Å². The molecule has 0 spiro atoms. The number of hydrogen-bond donors (Lipinski definition) is 1. The third-order valence-corrected chi connectivity index (χ3v) is 4.86. The lowest BCUT2D eigenvalue weighted by Crippen LogP contribution is -2.29. The molecule has 1 heterocycles. The van der Waals surface area contributed by atoms with Gasteiger partial charge in [0, 0.05) is 22.4 Å². The molecule has 0 amide bonds. The summed E-state index contributed by atoms with van der Waals surface area (Å²) in [7, 11) is 1.71. The van der Waals surface area contributed by atoms with Crippen LogP contribution in [0.3, 0.4) is 0 Å². The molecular formula is C17H20N2OS. The van der Waals surface area contributed by atoms with Crippen LogP contribution in [0.1, 0.15) is 6.92 Å². The number of hydrogen-bond acceptors (Lipinski definition) is 4. The molecule has 0 fully saturated rings. The minimum atomic E-state index is 0.431. The fraction of sp³-hybridized carbons (Fsp3) is 0.294. The molecule has 4 heteroatoms. The molecule has 0 saturated heterocycles. The van der Waals surface area contributed by atoms with E-state index in [1.54, 1.807) is 7.11 Å². The van der Waals surface area contributed by atoms with Gasteiger partial charge in [-0.1, -0.05) is 30.8 Å². The predicted molar refractivity (Wildman–Crippen MR) is 88.8 cm³/mol. The van der Waals surface area contributed by atoms with Gasteiger partial charge in [-0.25, -0.2) is 0 Å². The van der Waals surface area contributed by atoms with Gasteiger partial charge in [-0.15, -0.1) is 0 Å². The largest absolute Gasteiger partial charge is 0.497 e. The number of fused-ring (bicyclic) bond motifs is 2. The number of ether oxygens (including phenoxy) is 1. The molecule has 1 atom stereocenters. The van der Waals surface area contributed by atoms with Crippen LogP contribution in [0.15, 0.2) is 52.3 Å². The zero-order valence-corrected chi connectivity index (χ0v) is 13.2. The Kier molecular flexibility index (Phi) is 4.08. The fourth-order valence-electron chi connectivity index (χ4n) is 2.52. The van der Waals surface area contributed by atoms with E-state index in [2.05, 4.69) is 48.2 Å². The third kappa shape index (κ3) is 2.74. The first-order valence-electron chi connectivity index (χ1n) is 7.15. The minimum absolute atomic E-state index is 0.431. The second-order valence-electron chi connectivity index (χ2n) is 5.35. The van der Waals surface area contributed by atoms with Crippen LogP contribution in [0.2, 0.25) is 0 Å². The topological polar surface area (TPSA) is 38.5 Å². The summed E-state index contributed by atoms with van der Waals surface area (Å²) in [5.41, 5.74) is 8.29. The van der Waals surface area contributed by atoms with Crippen LogP contribution in [-0.4, -0.2) is 20.2 Å². The predicted octanol–water partition coefficient (Wildman–Crippen LogP) is 3.89. The van der Waals surface area contributed by atoms with Gasteiger partial charge in [0.1, 0.15) is 5.75 Å². The smallest absolute Gasteiger partial charge is 0.121 e. The lowest BCUT2D eigenvalue weighted by molar-refractivity contribution is 0.414. The second kappa shape index (κ2) is 6.00. The molecule has 3 rings (SSSR count). The van der Waals surface area contributed by atoms with Crippen molar-refractivity contribution in [2.75, 3.05) is 25.1 Å². The molecular weight excluding hydrogens is 280 g/mol. The van der Waals surface area contributed by atoms with Gasteiger partial charge in [0.05, 0.1) is 18.5 Å². The highest BCUT2D eigenvalue weighted by Gasteiger charge is 2.24. The summed E-state index contributed by atoms with van der Waals surface area (Å²) in [6.45, 7) is 3.78. The molecule has 3 nitrogen and oxygen atoms in total. The molecule has 2 aromatic carbocycles. The number of methoxy groups -OCH3 is 1. The summed E-state index contributed by atoms with van der Waals surface area (Å²) in [6.07, 6.45) is 0. The van der Waals surface area contributed by atoms with Crippen molar-refractivity contribution in [1.82, 2.24) is 0 Å². The van der Waals surface area contributed by atoms with E-state index in [1.807, 2.05) is 17.8 Å². The molecule has 0 radical (unpaired) electrons. The Morgan fingerprint density at radius 1 is 1.14 bits per heavy atom. The molecule has 0 aliphatic carbocycles. The Labute approximate surface area is 130 Å². The van der Waals surface area contributed by atoms with E-state index in [-0.39, 0.29) is 0 Å². The summed E-state index contributed by atoms with van der Waals surface area (Å²) in [4.78, 5) is 4.92. The van der Waals surface area contributed by atoms with E-state index in [9.17, 15) is 0 Å². The molecule has 0 aromatic heterocycles. The van der Waals surface area contributed by atoms with Gasteiger partial charge >= 0.3 is 0 Å². The molecule has 110 valence electrons. The Balaban J connectivity index is 2.07. The van der Waals surface area contributed by atoms with Crippen LogP contribution < -0.4 is 15.4 Å². The van der Waals surface area contributed by atoms with Gasteiger partial charge < -0.3 is 15.4 Å². The first-order valence-corrected chi connectivity index (χ1v) is 7.97. The molecule has 1 aliphatic rings. The van der Waals surface area contributed by atoms with Gasteiger partial charge in [0.25, 0.3) is 0 Å². The fourth-order valence-corrected chi connectivity index (χ4v) is 3.60. The summed E-state index contributed by atoms with van der Waals surface area (Å²) in [5.74, 6) is 1.32. The highest BCUT2D eigenvalue weighted by atomic mass is 32.2. The van der Waals surface area contributed by atoms with Crippen molar-refractivity contribution in [3.8, 4) is 5.75 Å². The van der Waals surface area contributed by atoms with E-state index >= 15 is 0 Å². The number of rotatable bonds is 4. The Morgan fingerprint density at radius 2 is 1.90 bits per heavy atom. The van der Waals surface area contributed by atoms with Gasteiger partial charge in [0.2, 0.25) is 0 Å². The van der Waals surface area contributed by atoms with Crippen LogP contribution in [0.5, 0.6) is 5.75 Å². The van der Waals surface area contributed by atoms with Crippen molar-refractivity contribution < 1.29 is 4.74 Å². The Hall–Kier alpha value is -1.65. The van der Waals surface area contributed by atoms with Crippen LogP contribution in [-0.2, 0) is 0 Å². The van der Waals surface area contributed by atoms with E-state index in [0.29, 0.717) is 12.5 Å². The molecule has 21 heavy (non-hydrogen) atoms. The van der Waals surface area contributed by atoms with E-state index in [1.165, 1.54) is 21.2 Å². The molecule has 2 aromatic rings. The second-order valence-corrected chi connectivity index (χ2v) is 6.44. The van der Waals surface area contributed by atoms with Crippen LogP contribution in [0.25, 0.3) is 0 Å². The highest BCUT2D eigenvalue weighted by Crippen LogP contribution is 2.49. The maximum Gasteiger partial charge on any atom is 0.121 e. The van der Waals surface area contributed by atoms with E-state index in [0.717, 1.165) is 12.3 Å².